The first kappa shape index (κ1) is 18.2. The number of carbonyl (C=O) groups excluding carboxylic acids is 1. The highest BCUT2D eigenvalue weighted by atomic mass is 16.1. The smallest absolute Gasteiger partial charge is 0.255 e. The number of Topliss-reactive ketones (excluding diaryl/α,β-unsaturated/α-hetero) is 1. The Balaban J connectivity index is 1.81. The maximum absolute atomic E-state index is 12.5. The molecule has 0 bridgehead atoms. The maximum Gasteiger partial charge on any atom is 0.255 e. The highest BCUT2D eigenvalue weighted by Crippen LogP contribution is 2.15. The van der Waals surface area contributed by atoms with Crippen molar-refractivity contribution in [2.24, 2.45) is 7.05 Å². The van der Waals surface area contributed by atoms with Gasteiger partial charge in [-0.1, -0.05) is 12.1 Å². The van der Waals surface area contributed by atoms with Crippen molar-refractivity contribution in [3.63, 3.8) is 0 Å². The summed E-state index contributed by atoms with van der Waals surface area (Å²) >= 11 is 0. The van der Waals surface area contributed by atoms with E-state index in [2.05, 4.69) is 20.3 Å². The number of aromatic nitrogens is 4. The molecular weight excluding hydrogens is 344 g/mol. The van der Waals surface area contributed by atoms with Gasteiger partial charge in [-0.15, -0.1) is 0 Å². The van der Waals surface area contributed by atoms with Crippen LogP contribution in [0.1, 0.15) is 10.4 Å². The Morgan fingerprint density at radius 2 is 2.00 bits per heavy atom. The van der Waals surface area contributed by atoms with E-state index in [1.807, 2.05) is 37.2 Å². The van der Waals surface area contributed by atoms with Crippen molar-refractivity contribution >= 4 is 17.4 Å². The Hall–Kier alpha value is -3.55. The van der Waals surface area contributed by atoms with Gasteiger partial charge in [-0.2, -0.15) is 0 Å². The Bertz CT molecular complexity index is 1010. The van der Waals surface area contributed by atoms with Gasteiger partial charge in [0.05, 0.1) is 17.9 Å². The molecule has 1 N–H and O–H groups in total. The van der Waals surface area contributed by atoms with Crippen LogP contribution in [0, 0.1) is 0 Å². The van der Waals surface area contributed by atoms with Crippen LogP contribution >= 0.6 is 0 Å². The van der Waals surface area contributed by atoms with Crippen molar-refractivity contribution in [3.05, 3.63) is 64.8 Å². The zero-order chi connectivity index (χ0) is 19.4. The molecule has 0 atom stereocenters. The van der Waals surface area contributed by atoms with Gasteiger partial charge in [0.2, 0.25) is 5.95 Å². The zero-order valence-electron chi connectivity index (χ0n) is 15.4. The second-order valence-corrected chi connectivity index (χ2v) is 6.18. The van der Waals surface area contributed by atoms with E-state index in [1.54, 1.807) is 25.4 Å². The molecule has 138 valence electrons. The summed E-state index contributed by atoms with van der Waals surface area (Å²) in [7, 11) is 5.43. The molecule has 0 saturated carbocycles. The number of hydrogen-bond acceptors (Lipinski definition) is 7. The van der Waals surface area contributed by atoms with E-state index in [1.165, 1.54) is 17.0 Å². The summed E-state index contributed by atoms with van der Waals surface area (Å²) in [5.41, 5.74) is 2.24. The summed E-state index contributed by atoms with van der Waals surface area (Å²) in [6.07, 6.45) is 2.97. The molecule has 0 aliphatic heterocycles. The normalized spacial score (nSPS) is 10.5. The van der Waals surface area contributed by atoms with E-state index in [0.717, 1.165) is 5.69 Å². The van der Waals surface area contributed by atoms with Gasteiger partial charge in [-0.05, 0) is 18.2 Å². The lowest BCUT2D eigenvalue weighted by Gasteiger charge is -2.14. The number of nitrogens with zero attached hydrogens (tertiary/aromatic N) is 5. The lowest BCUT2D eigenvalue weighted by atomic mass is 10.1. The Morgan fingerprint density at radius 1 is 1.19 bits per heavy atom. The zero-order valence-corrected chi connectivity index (χ0v) is 15.4. The largest absolute Gasteiger partial charge is 0.378 e. The molecule has 0 fully saturated rings. The van der Waals surface area contributed by atoms with Gasteiger partial charge in [0.15, 0.2) is 5.78 Å². The quantitative estimate of drug-likeness (QED) is 0.664. The molecule has 27 heavy (non-hydrogen) atoms. The first-order valence-corrected chi connectivity index (χ1v) is 8.34. The van der Waals surface area contributed by atoms with Gasteiger partial charge in [0.1, 0.15) is 6.33 Å². The van der Waals surface area contributed by atoms with Crippen LogP contribution in [0.2, 0.25) is 0 Å². The highest BCUT2D eigenvalue weighted by Gasteiger charge is 2.11. The van der Waals surface area contributed by atoms with Gasteiger partial charge in [-0.25, -0.2) is 15.0 Å². The van der Waals surface area contributed by atoms with E-state index < -0.39 is 0 Å². The van der Waals surface area contributed by atoms with Gasteiger partial charge in [0.25, 0.3) is 5.56 Å². The average molecular weight is 364 g/mol. The number of benzene rings is 1. The minimum Gasteiger partial charge on any atom is -0.378 e. The second-order valence-electron chi connectivity index (χ2n) is 6.18. The lowest BCUT2D eigenvalue weighted by Crippen LogP contribution is -2.24. The predicted octanol–water partition coefficient (Wildman–Crippen LogP) is 1.60. The monoisotopic (exact) mass is 364 g/mol. The molecule has 8 nitrogen and oxygen atoms in total. The van der Waals surface area contributed by atoms with Gasteiger partial charge < -0.3 is 10.2 Å². The highest BCUT2D eigenvalue weighted by molar-refractivity contribution is 5.99. The number of carbonyl (C=O) groups is 1. The third-order valence-corrected chi connectivity index (χ3v) is 4.07. The number of ketones is 1. The molecule has 0 aliphatic carbocycles. The van der Waals surface area contributed by atoms with Crippen molar-refractivity contribution in [2.75, 3.05) is 30.9 Å². The Labute approximate surface area is 156 Å². The van der Waals surface area contributed by atoms with E-state index in [0.29, 0.717) is 22.9 Å². The number of anilines is 2. The molecule has 0 amide bonds. The summed E-state index contributed by atoms with van der Waals surface area (Å²) in [4.78, 5) is 39.1. The maximum atomic E-state index is 12.5. The molecule has 0 radical (unpaired) electrons. The molecule has 2 aromatic heterocycles. The summed E-state index contributed by atoms with van der Waals surface area (Å²) in [5, 5.41) is 2.96. The molecule has 1 aromatic carbocycles. The van der Waals surface area contributed by atoms with Crippen molar-refractivity contribution in [2.45, 2.75) is 0 Å². The number of rotatable bonds is 6. The Kier molecular flexibility index (Phi) is 5.25. The lowest BCUT2D eigenvalue weighted by molar-refractivity contribution is 0.101. The van der Waals surface area contributed by atoms with Crippen LogP contribution in [0.25, 0.3) is 11.4 Å². The van der Waals surface area contributed by atoms with E-state index in [4.69, 9.17) is 0 Å². The minimum atomic E-state index is -0.247. The third kappa shape index (κ3) is 4.17. The topological polar surface area (TPSA) is 93.0 Å². The van der Waals surface area contributed by atoms with Crippen molar-refractivity contribution in [3.8, 4) is 11.4 Å². The standard InChI is InChI=1S/C19H20N6O2/c1-24(2)14-6-4-5-13(9-14)17(26)11-21-19-23-16(10-18(27)25(19)3)15-7-8-20-12-22-15/h4-10,12H,11H2,1-3H3,(H,21,23). The van der Waals surface area contributed by atoms with Gasteiger partial charge in [0, 0.05) is 44.7 Å². The number of nitrogens with one attached hydrogen (secondary N) is 1. The van der Waals surface area contributed by atoms with Crippen molar-refractivity contribution in [1.82, 2.24) is 19.5 Å². The van der Waals surface area contributed by atoms with Crippen LogP contribution < -0.4 is 15.8 Å². The van der Waals surface area contributed by atoms with Crippen LogP contribution in [-0.4, -0.2) is 45.9 Å². The molecule has 3 aromatic rings. The van der Waals surface area contributed by atoms with Gasteiger partial charge in [-0.3, -0.25) is 14.2 Å². The molecule has 0 aliphatic rings. The summed E-state index contributed by atoms with van der Waals surface area (Å²) in [6.45, 7) is 0.0182. The van der Waals surface area contributed by atoms with Crippen LogP contribution in [0.3, 0.4) is 0 Å². The summed E-state index contributed by atoms with van der Waals surface area (Å²) in [5.74, 6) is 0.202. The number of hydrogen-bond donors (Lipinski definition) is 1. The fourth-order valence-electron chi connectivity index (χ4n) is 2.49. The van der Waals surface area contributed by atoms with Crippen LogP contribution in [0.15, 0.2) is 53.7 Å². The average Bonchev–Trinajstić information content (AvgIpc) is 2.69. The molecule has 0 spiro atoms. The van der Waals surface area contributed by atoms with E-state index >= 15 is 0 Å². The minimum absolute atomic E-state index is 0.0182. The fourth-order valence-corrected chi connectivity index (χ4v) is 2.49. The molecule has 3 rings (SSSR count). The summed E-state index contributed by atoms with van der Waals surface area (Å²) < 4.78 is 1.36. The third-order valence-electron chi connectivity index (χ3n) is 4.07. The van der Waals surface area contributed by atoms with Crippen molar-refractivity contribution < 1.29 is 4.79 Å². The first-order chi connectivity index (χ1) is 13.0. The molecule has 0 saturated heterocycles. The van der Waals surface area contributed by atoms with E-state index in [-0.39, 0.29) is 17.9 Å². The molecule has 2 heterocycles. The van der Waals surface area contributed by atoms with Crippen molar-refractivity contribution in [1.29, 1.82) is 0 Å². The second kappa shape index (κ2) is 7.77. The Morgan fingerprint density at radius 3 is 2.70 bits per heavy atom. The predicted molar refractivity (Wildman–Crippen MR) is 104 cm³/mol. The fraction of sp³-hybridized carbons (Fsp3) is 0.211. The molecular formula is C19H20N6O2. The molecule has 8 heteroatoms. The van der Waals surface area contributed by atoms with Crippen LogP contribution in [0.4, 0.5) is 11.6 Å². The van der Waals surface area contributed by atoms with Crippen LogP contribution in [0.5, 0.6) is 0 Å². The van der Waals surface area contributed by atoms with Gasteiger partial charge >= 0.3 is 0 Å². The van der Waals surface area contributed by atoms with E-state index in [9.17, 15) is 9.59 Å². The summed E-state index contributed by atoms with van der Waals surface area (Å²) in [6, 6.07) is 10.4. The molecule has 0 unspecified atom stereocenters. The van der Waals surface area contributed by atoms with Crippen LogP contribution in [-0.2, 0) is 7.05 Å². The first-order valence-electron chi connectivity index (χ1n) is 8.34. The SMILES string of the molecule is CN(C)c1cccc(C(=O)CNc2nc(-c3ccncn3)cc(=O)n2C)c1.